The first-order chi connectivity index (χ1) is 14.4. The van der Waals surface area contributed by atoms with Crippen molar-refractivity contribution in [3.63, 3.8) is 0 Å². The second kappa shape index (κ2) is 5.46. The van der Waals surface area contributed by atoms with E-state index in [1.807, 2.05) is 18.2 Å². The van der Waals surface area contributed by atoms with Crippen molar-refractivity contribution in [1.82, 2.24) is 9.38 Å². The van der Waals surface area contributed by atoms with Gasteiger partial charge in [-0.3, -0.25) is 4.40 Å². The summed E-state index contributed by atoms with van der Waals surface area (Å²) in [6.07, 6.45) is 0. The van der Waals surface area contributed by atoms with Crippen molar-refractivity contribution >= 4 is 59.5 Å². The lowest BCUT2D eigenvalue weighted by atomic mass is 10.0. The Morgan fingerprint density at radius 3 is 2.45 bits per heavy atom. The van der Waals surface area contributed by atoms with E-state index >= 15 is 0 Å². The lowest BCUT2D eigenvalue weighted by Crippen LogP contribution is -1.83. The molecule has 3 nitrogen and oxygen atoms in total. The molecule has 0 bridgehead atoms. The molecule has 7 aromatic rings. The number of aromatic nitrogens is 2. The molecule has 7 rings (SSSR count). The lowest BCUT2D eigenvalue weighted by molar-refractivity contribution is 0.670. The van der Waals surface area contributed by atoms with Crippen molar-refractivity contribution in [3.8, 4) is 11.1 Å². The van der Waals surface area contributed by atoms with Gasteiger partial charge in [-0.25, -0.2) is 4.98 Å². The van der Waals surface area contributed by atoms with E-state index in [2.05, 4.69) is 71.1 Å². The molecule has 136 valence electrons. The molecule has 29 heavy (non-hydrogen) atoms. The third-order valence-electron chi connectivity index (χ3n) is 5.65. The van der Waals surface area contributed by atoms with Gasteiger partial charge in [-0.2, -0.15) is 0 Å². The number of nitrogens with zero attached hydrogens (tertiary/aromatic N) is 2. The molecule has 0 unspecified atom stereocenters. The summed E-state index contributed by atoms with van der Waals surface area (Å²) >= 11 is 1.73. The molecule has 3 aromatic heterocycles. The van der Waals surface area contributed by atoms with Crippen molar-refractivity contribution in [2.45, 2.75) is 0 Å². The predicted octanol–water partition coefficient (Wildman–Crippen LogP) is 7.27. The van der Waals surface area contributed by atoms with Gasteiger partial charge in [0, 0.05) is 21.9 Å². The first kappa shape index (κ1) is 15.3. The fraction of sp³-hybridized carbons (Fsp3) is 0. The summed E-state index contributed by atoms with van der Waals surface area (Å²) in [4.78, 5) is 5.86. The fourth-order valence-corrected chi connectivity index (χ4v) is 5.54. The molecule has 0 aliphatic rings. The number of thiazole rings is 1. The number of imidazole rings is 1. The highest BCUT2D eigenvalue weighted by Crippen LogP contribution is 2.41. The molecule has 0 saturated heterocycles. The first-order valence-electron chi connectivity index (χ1n) is 9.58. The van der Waals surface area contributed by atoms with Crippen LogP contribution in [-0.2, 0) is 0 Å². The normalized spacial score (nSPS) is 12.1. The fourth-order valence-electron chi connectivity index (χ4n) is 4.38. The number of benzene rings is 4. The molecule has 0 aliphatic heterocycles. The van der Waals surface area contributed by atoms with Gasteiger partial charge in [0.05, 0.1) is 21.3 Å². The SMILES string of the molecule is c1ccc2c(c1)nc1sc3c(-c4cccc5c4oc4ccccc45)cccc3n12. The van der Waals surface area contributed by atoms with Crippen molar-refractivity contribution in [3.05, 3.63) is 84.9 Å². The molecule has 0 aliphatic carbocycles. The Labute approximate surface area is 169 Å². The van der Waals surface area contributed by atoms with Crippen LogP contribution in [0.15, 0.2) is 89.3 Å². The highest BCUT2D eigenvalue weighted by molar-refractivity contribution is 7.24. The summed E-state index contributed by atoms with van der Waals surface area (Å²) in [7, 11) is 0. The quantitative estimate of drug-likeness (QED) is 0.295. The molecule has 0 fully saturated rings. The minimum absolute atomic E-state index is 0.925. The first-order valence-corrected chi connectivity index (χ1v) is 10.4. The second-order valence-corrected chi connectivity index (χ2v) is 8.23. The maximum Gasteiger partial charge on any atom is 0.195 e. The number of hydrogen-bond donors (Lipinski definition) is 0. The van der Waals surface area contributed by atoms with Crippen LogP contribution < -0.4 is 0 Å². The van der Waals surface area contributed by atoms with Crippen LogP contribution in [-0.4, -0.2) is 9.38 Å². The molecule has 4 aromatic carbocycles. The van der Waals surface area contributed by atoms with E-state index in [0.717, 1.165) is 43.5 Å². The van der Waals surface area contributed by atoms with Crippen molar-refractivity contribution in [1.29, 1.82) is 0 Å². The van der Waals surface area contributed by atoms with Gasteiger partial charge < -0.3 is 4.42 Å². The number of fused-ring (bicyclic) bond motifs is 8. The molecule has 0 spiro atoms. The molecular formula is C25H14N2OS. The van der Waals surface area contributed by atoms with Crippen LogP contribution in [0.25, 0.3) is 59.3 Å². The largest absolute Gasteiger partial charge is 0.455 e. The molecule has 0 amide bonds. The molecule has 0 atom stereocenters. The van der Waals surface area contributed by atoms with E-state index in [4.69, 9.17) is 9.40 Å². The topological polar surface area (TPSA) is 30.4 Å². The zero-order valence-electron chi connectivity index (χ0n) is 15.3. The minimum atomic E-state index is 0.925. The van der Waals surface area contributed by atoms with Gasteiger partial charge in [0.25, 0.3) is 0 Å². The van der Waals surface area contributed by atoms with E-state index in [-0.39, 0.29) is 0 Å². The van der Waals surface area contributed by atoms with Crippen molar-refractivity contribution in [2.24, 2.45) is 0 Å². The molecule has 0 radical (unpaired) electrons. The van der Waals surface area contributed by atoms with Gasteiger partial charge >= 0.3 is 0 Å². The zero-order chi connectivity index (χ0) is 18.9. The van der Waals surface area contributed by atoms with Crippen LogP contribution in [0.2, 0.25) is 0 Å². The summed E-state index contributed by atoms with van der Waals surface area (Å²) in [5.41, 5.74) is 7.54. The molecule has 4 heteroatoms. The Morgan fingerprint density at radius 1 is 0.690 bits per heavy atom. The minimum Gasteiger partial charge on any atom is -0.455 e. The van der Waals surface area contributed by atoms with Crippen molar-refractivity contribution < 1.29 is 4.42 Å². The predicted molar refractivity (Wildman–Crippen MR) is 121 cm³/mol. The monoisotopic (exact) mass is 390 g/mol. The average molecular weight is 390 g/mol. The van der Waals surface area contributed by atoms with Gasteiger partial charge in [0.2, 0.25) is 0 Å². The van der Waals surface area contributed by atoms with Crippen LogP contribution in [0.3, 0.4) is 0 Å². The summed E-state index contributed by atoms with van der Waals surface area (Å²) in [6.45, 7) is 0. The van der Waals surface area contributed by atoms with Gasteiger partial charge in [-0.15, -0.1) is 0 Å². The van der Waals surface area contributed by atoms with E-state index in [1.54, 1.807) is 11.3 Å². The summed E-state index contributed by atoms with van der Waals surface area (Å²) in [6, 6.07) is 29.4. The Balaban J connectivity index is 1.61. The smallest absolute Gasteiger partial charge is 0.195 e. The lowest BCUT2D eigenvalue weighted by Gasteiger charge is -2.04. The number of rotatable bonds is 1. The maximum absolute atomic E-state index is 6.29. The molecular weight excluding hydrogens is 376 g/mol. The van der Waals surface area contributed by atoms with Gasteiger partial charge in [-0.1, -0.05) is 72.0 Å². The van der Waals surface area contributed by atoms with Crippen LogP contribution in [0.5, 0.6) is 0 Å². The van der Waals surface area contributed by atoms with E-state index in [0.29, 0.717) is 0 Å². The standard InChI is InChI=1S/C25H14N2OS/c1-4-14-22-15(7-1)16-8-5-9-17(23(16)28-22)18-10-6-13-21-24(18)29-25-26-19-11-2-3-12-20(19)27(21)25/h1-14H. The summed E-state index contributed by atoms with van der Waals surface area (Å²) in [5.74, 6) is 0. The number of hydrogen-bond acceptors (Lipinski definition) is 3. The molecule has 0 N–H and O–H groups in total. The van der Waals surface area contributed by atoms with Gasteiger partial charge in [0.15, 0.2) is 4.96 Å². The highest BCUT2D eigenvalue weighted by atomic mass is 32.1. The third-order valence-corrected chi connectivity index (χ3v) is 6.74. The zero-order valence-corrected chi connectivity index (χ0v) is 16.1. The van der Waals surface area contributed by atoms with E-state index in [1.165, 1.54) is 15.8 Å². The van der Waals surface area contributed by atoms with Gasteiger partial charge in [-0.05, 0) is 24.3 Å². The van der Waals surface area contributed by atoms with Crippen LogP contribution in [0, 0.1) is 0 Å². The maximum atomic E-state index is 6.29. The van der Waals surface area contributed by atoms with E-state index in [9.17, 15) is 0 Å². The molecule has 0 saturated carbocycles. The highest BCUT2D eigenvalue weighted by Gasteiger charge is 2.17. The number of furan rings is 1. The van der Waals surface area contributed by atoms with Crippen LogP contribution >= 0.6 is 11.3 Å². The van der Waals surface area contributed by atoms with Crippen molar-refractivity contribution in [2.75, 3.05) is 0 Å². The average Bonchev–Trinajstić information content (AvgIpc) is 3.42. The Bertz CT molecular complexity index is 1720. The summed E-state index contributed by atoms with van der Waals surface area (Å²) in [5, 5.41) is 2.31. The van der Waals surface area contributed by atoms with E-state index < -0.39 is 0 Å². The Kier molecular flexibility index (Phi) is 2.88. The summed E-state index contributed by atoms with van der Waals surface area (Å²) < 4.78 is 9.79. The molecule has 3 heterocycles. The third kappa shape index (κ3) is 1.99. The van der Waals surface area contributed by atoms with Crippen LogP contribution in [0.1, 0.15) is 0 Å². The van der Waals surface area contributed by atoms with Crippen LogP contribution in [0.4, 0.5) is 0 Å². The Morgan fingerprint density at radius 2 is 1.45 bits per heavy atom. The number of para-hydroxylation sites is 4. The Hall–Kier alpha value is -3.63. The van der Waals surface area contributed by atoms with Gasteiger partial charge in [0.1, 0.15) is 11.2 Å². The second-order valence-electron chi connectivity index (χ2n) is 7.25.